The summed E-state index contributed by atoms with van der Waals surface area (Å²) in [4.78, 5) is 6.85. The molecule has 0 saturated heterocycles. The molecule has 0 saturated carbocycles. The van der Waals surface area contributed by atoms with Crippen molar-refractivity contribution in [1.29, 1.82) is 0 Å². The quantitative estimate of drug-likeness (QED) is 0.536. The number of aliphatic imine (C=N–C) groups is 1. The highest BCUT2D eigenvalue weighted by atomic mass is 19.1. The molecule has 0 amide bonds. The Morgan fingerprint density at radius 1 is 1.21 bits per heavy atom. The zero-order valence-electron chi connectivity index (χ0n) is 15.5. The van der Waals surface area contributed by atoms with E-state index in [0.29, 0.717) is 13.1 Å². The van der Waals surface area contributed by atoms with Gasteiger partial charge >= 0.3 is 0 Å². The van der Waals surface area contributed by atoms with Gasteiger partial charge in [-0.25, -0.2) is 4.39 Å². The lowest BCUT2D eigenvalue weighted by Gasteiger charge is -2.30. The summed E-state index contributed by atoms with van der Waals surface area (Å²) in [6.07, 6.45) is 2.76. The molecule has 1 aromatic rings. The normalized spacial score (nSPS) is 12.3. The minimum absolute atomic E-state index is 0.0478. The fourth-order valence-electron chi connectivity index (χ4n) is 2.79. The smallest absolute Gasteiger partial charge is 0.193 e. The first kappa shape index (κ1) is 20.4. The number of aliphatic hydroxyl groups excluding tert-OH is 1. The maximum absolute atomic E-state index is 13.0. The third-order valence-electron chi connectivity index (χ3n) is 4.74. The van der Waals surface area contributed by atoms with Crippen LogP contribution in [-0.4, -0.2) is 42.7 Å². The van der Waals surface area contributed by atoms with Gasteiger partial charge in [-0.05, 0) is 49.3 Å². The van der Waals surface area contributed by atoms with Crippen molar-refractivity contribution in [3.05, 3.63) is 35.6 Å². The number of hydrogen-bond donors (Lipinski definition) is 2. The van der Waals surface area contributed by atoms with E-state index in [1.165, 1.54) is 12.1 Å². The molecule has 0 unspecified atom stereocenters. The van der Waals surface area contributed by atoms with Gasteiger partial charge in [0.1, 0.15) is 5.82 Å². The van der Waals surface area contributed by atoms with Crippen molar-refractivity contribution < 1.29 is 9.50 Å². The van der Waals surface area contributed by atoms with E-state index in [9.17, 15) is 9.50 Å². The predicted octanol–water partition coefficient (Wildman–Crippen LogP) is 3.41. The summed E-state index contributed by atoms with van der Waals surface area (Å²) in [5.74, 6) is 0.618. The highest BCUT2D eigenvalue weighted by molar-refractivity contribution is 5.79. The topological polar surface area (TPSA) is 47.9 Å². The summed E-state index contributed by atoms with van der Waals surface area (Å²) < 4.78 is 13.0. The van der Waals surface area contributed by atoms with Gasteiger partial charge in [0.25, 0.3) is 0 Å². The van der Waals surface area contributed by atoms with Crippen LogP contribution in [0.1, 0.15) is 45.6 Å². The van der Waals surface area contributed by atoms with Crippen molar-refractivity contribution in [2.45, 2.75) is 46.6 Å². The molecule has 0 aliphatic rings. The molecular weight excluding hydrogens is 305 g/mol. The van der Waals surface area contributed by atoms with Gasteiger partial charge in [0.05, 0.1) is 0 Å². The first-order chi connectivity index (χ1) is 11.5. The SMILES string of the molecule is CCNC(=NCC(CC)(CC)CCO)N(C)Cc1ccc(F)cc1. The van der Waals surface area contributed by atoms with Crippen LogP contribution in [0.15, 0.2) is 29.3 Å². The minimum Gasteiger partial charge on any atom is -0.396 e. The Labute approximate surface area is 145 Å². The van der Waals surface area contributed by atoms with Crippen LogP contribution in [0.25, 0.3) is 0 Å². The largest absolute Gasteiger partial charge is 0.396 e. The first-order valence-electron chi connectivity index (χ1n) is 8.85. The average molecular weight is 337 g/mol. The molecule has 0 aliphatic carbocycles. The summed E-state index contributed by atoms with van der Waals surface area (Å²) in [6, 6.07) is 6.55. The Hall–Kier alpha value is -1.62. The van der Waals surface area contributed by atoms with Gasteiger partial charge in [0.15, 0.2) is 5.96 Å². The van der Waals surface area contributed by atoms with Crippen LogP contribution in [0.5, 0.6) is 0 Å². The molecule has 0 radical (unpaired) electrons. The van der Waals surface area contributed by atoms with Crippen LogP contribution in [0, 0.1) is 11.2 Å². The van der Waals surface area contributed by atoms with E-state index in [1.54, 1.807) is 12.1 Å². The highest BCUT2D eigenvalue weighted by Crippen LogP contribution is 2.30. The zero-order chi connectivity index (χ0) is 18.0. The minimum atomic E-state index is -0.221. The fourth-order valence-corrected chi connectivity index (χ4v) is 2.79. The van der Waals surface area contributed by atoms with Crippen LogP contribution in [0.3, 0.4) is 0 Å². The molecule has 136 valence electrons. The first-order valence-corrected chi connectivity index (χ1v) is 8.85. The molecule has 0 fully saturated rings. The maximum Gasteiger partial charge on any atom is 0.193 e. The van der Waals surface area contributed by atoms with Gasteiger partial charge in [0.2, 0.25) is 0 Å². The Morgan fingerprint density at radius 2 is 1.83 bits per heavy atom. The Kier molecular flexibility index (Phi) is 8.76. The van der Waals surface area contributed by atoms with Gasteiger partial charge in [-0.15, -0.1) is 0 Å². The molecule has 0 aliphatic heterocycles. The molecule has 2 N–H and O–H groups in total. The molecule has 0 aromatic heterocycles. The number of halogens is 1. The number of rotatable bonds is 9. The van der Waals surface area contributed by atoms with E-state index in [-0.39, 0.29) is 17.8 Å². The monoisotopic (exact) mass is 337 g/mol. The second kappa shape index (κ2) is 10.3. The molecule has 0 bridgehead atoms. The number of guanidine groups is 1. The molecule has 0 heterocycles. The lowest BCUT2D eigenvalue weighted by molar-refractivity contribution is 0.175. The van der Waals surface area contributed by atoms with E-state index < -0.39 is 0 Å². The number of aliphatic hydroxyl groups is 1. The summed E-state index contributed by atoms with van der Waals surface area (Å²) >= 11 is 0. The standard InChI is InChI=1S/C19H32FN3O/c1-5-19(6-2,12-13-24)15-22-18(21-7-3)23(4)14-16-8-10-17(20)11-9-16/h8-11,24H,5-7,12-15H2,1-4H3,(H,21,22). The summed E-state index contributed by atoms with van der Waals surface area (Å²) in [7, 11) is 1.98. The van der Waals surface area contributed by atoms with Crippen molar-refractivity contribution in [3.8, 4) is 0 Å². The van der Waals surface area contributed by atoms with Crippen LogP contribution in [0.4, 0.5) is 4.39 Å². The lowest BCUT2D eigenvalue weighted by atomic mass is 9.79. The van der Waals surface area contributed by atoms with Gasteiger partial charge in [-0.2, -0.15) is 0 Å². The molecule has 1 aromatic carbocycles. The van der Waals surface area contributed by atoms with Crippen molar-refractivity contribution in [2.75, 3.05) is 26.7 Å². The van der Waals surface area contributed by atoms with Crippen LogP contribution >= 0.6 is 0 Å². The number of nitrogens with one attached hydrogen (secondary N) is 1. The van der Waals surface area contributed by atoms with E-state index in [0.717, 1.165) is 37.3 Å². The van der Waals surface area contributed by atoms with Gasteiger partial charge in [-0.3, -0.25) is 4.99 Å². The number of hydrogen-bond acceptors (Lipinski definition) is 2. The third kappa shape index (κ3) is 6.11. The lowest BCUT2D eigenvalue weighted by Crippen LogP contribution is -2.39. The van der Waals surface area contributed by atoms with Gasteiger partial charge < -0.3 is 15.3 Å². The third-order valence-corrected chi connectivity index (χ3v) is 4.74. The average Bonchev–Trinajstić information content (AvgIpc) is 2.59. The van der Waals surface area contributed by atoms with Crippen molar-refractivity contribution in [3.63, 3.8) is 0 Å². The number of benzene rings is 1. The molecular formula is C19H32FN3O. The molecule has 0 spiro atoms. The van der Waals surface area contributed by atoms with Gasteiger partial charge in [0, 0.05) is 33.3 Å². The van der Waals surface area contributed by atoms with Crippen LogP contribution in [-0.2, 0) is 6.54 Å². The van der Waals surface area contributed by atoms with Crippen molar-refractivity contribution >= 4 is 5.96 Å². The van der Waals surface area contributed by atoms with E-state index >= 15 is 0 Å². The Morgan fingerprint density at radius 3 is 2.33 bits per heavy atom. The summed E-state index contributed by atoms with van der Waals surface area (Å²) in [5.41, 5.74) is 1.09. The fraction of sp³-hybridized carbons (Fsp3) is 0.632. The van der Waals surface area contributed by atoms with Crippen molar-refractivity contribution in [2.24, 2.45) is 10.4 Å². The molecule has 4 nitrogen and oxygen atoms in total. The van der Waals surface area contributed by atoms with E-state index in [2.05, 4.69) is 19.2 Å². The highest BCUT2D eigenvalue weighted by Gasteiger charge is 2.25. The summed E-state index contributed by atoms with van der Waals surface area (Å²) in [5, 5.41) is 12.7. The second-order valence-corrected chi connectivity index (χ2v) is 6.33. The van der Waals surface area contributed by atoms with E-state index in [1.807, 2.05) is 18.9 Å². The van der Waals surface area contributed by atoms with Crippen LogP contribution < -0.4 is 5.32 Å². The molecule has 5 heteroatoms. The Balaban J connectivity index is 2.84. The molecule has 0 atom stereocenters. The maximum atomic E-state index is 13.0. The van der Waals surface area contributed by atoms with E-state index in [4.69, 9.17) is 4.99 Å². The summed E-state index contributed by atoms with van der Waals surface area (Å²) in [6.45, 7) is 8.69. The van der Waals surface area contributed by atoms with Crippen LogP contribution in [0.2, 0.25) is 0 Å². The zero-order valence-corrected chi connectivity index (χ0v) is 15.5. The second-order valence-electron chi connectivity index (χ2n) is 6.33. The predicted molar refractivity (Wildman–Crippen MR) is 98.6 cm³/mol. The molecule has 24 heavy (non-hydrogen) atoms. The number of nitrogens with zero attached hydrogens (tertiary/aromatic N) is 2. The Bertz CT molecular complexity index is 498. The van der Waals surface area contributed by atoms with Gasteiger partial charge in [-0.1, -0.05) is 26.0 Å². The molecule has 1 rings (SSSR count). The van der Waals surface area contributed by atoms with Crippen molar-refractivity contribution in [1.82, 2.24) is 10.2 Å².